The molecule has 1 fully saturated rings. The lowest BCUT2D eigenvalue weighted by Gasteiger charge is -2.11. The summed E-state index contributed by atoms with van der Waals surface area (Å²) in [6.45, 7) is 1.57. The second-order valence-corrected chi connectivity index (χ2v) is 7.41. The van der Waals surface area contributed by atoms with E-state index in [1.165, 1.54) is 0 Å². The number of oxazole rings is 1. The molecule has 1 aromatic heterocycles. The van der Waals surface area contributed by atoms with Crippen molar-refractivity contribution in [2.45, 2.75) is 37.6 Å². The highest BCUT2D eigenvalue weighted by Gasteiger charge is 2.28. The van der Waals surface area contributed by atoms with E-state index in [2.05, 4.69) is 15.2 Å². The molecule has 1 aliphatic rings. The van der Waals surface area contributed by atoms with E-state index in [0.29, 0.717) is 5.56 Å². The second-order valence-electron chi connectivity index (χ2n) is 5.81. The molecule has 2 N–H and O–H groups in total. The summed E-state index contributed by atoms with van der Waals surface area (Å²) in [5.74, 6) is -0.0649. The van der Waals surface area contributed by atoms with Gasteiger partial charge in [-0.15, -0.1) is 4.83 Å². The number of hydrogen-bond acceptors (Lipinski definition) is 5. The summed E-state index contributed by atoms with van der Waals surface area (Å²) in [7, 11) is -4.03. The highest BCUT2D eigenvalue weighted by atomic mass is 32.2. The smallest absolute Gasteiger partial charge is 0.278 e. The van der Waals surface area contributed by atoms with E-state index < -0.39 is 10.0 Å². The van der Waals surface area contributed by atoms with E-state index in [-0.39, 0.29) is 28.5 Å². The van der Waals surface area contributed by atoms with Gasteiger partial charge in [0.05, 0.1) is 0 Å². The molecule has 0 saturated heterocycles. The minimum atomic E-state index is -4.03. The summed E-state index contributed by atoms with van der Waals surface area (Å²) in [6.07, 6.45) is 3.55. The largest absolute Gasteiger partial charge is 0.440 e. The molecule has 0 bridgehead atoms. The van der Waals surface area contributed by atoms with Gasteiger partial charge in [-0.05, 0) is 12.8 Å². The molecule has 24 heavy (non-hydrogen) atoms. The van der Waals surface area contributed by atoms with E-state index in [1.807, 2.05) is 6.07 Å². The minimum Gasteiger partial charge on any atom is -0.440 e. The molecule has 128 valence electrons. The Morgan fingerprint density at radius 3 is 2.54 bits per heavy atom. The SMILES string of the molecule is Cc1nc(S(=O)(=O)NNC(=O)C2CCCC2)c(-c2ccccc2)o1. The number of hydrogen-bond donors (Lipinski definition) is 2. The average Bonchev–Trinajstić information content (AvgIpc) is 3.23. The summed E-state index contributed by atoms with van der Waals surface area (Å²) in [6, 6.07) is 8.84. The first-order chi connectivity index (χ1) is 11.5. The molecule has 3 rings (SSSR count). The number of amides is 1. The maximum atomic E-state index is 12.5. The first-order valence-electron chi connectivity index (χ1n) is 7.82. The third-order valence-corrected chi connectivity index (χ3v) is 5.18. The number of benzene rings is 1. The maximum absolute atomic E-state index is 12.5. The van der Waals surface area contributed by atoms with Crippen molar-refractivity contribution < 1.29 is 17.6 Å². The number of sulfonamides is 1. The normalized spacial score (nSPS) is 15.5. The summed E-state index contributed by atoms with van der Waals surface area (Å²) in [5.41, 5.74) is 2.89. The van der Waals surface area contributed by atoms with Crippen LogP contribution < -0.4 is 10.3 Å². The Bertz CT molecular complexity index is 824. The number of aromatic nitrogens is 1. The zero-order valence-corrected chi connectivity index (χ0v) is 14.1. The topological polar surface area (TPSA) is 101 Å². The van der Waals surface area contributed by atoms with Crippen LogP contribution in [0.2, 0.25) is 0 Å². The molecule has 1 amide bonds. The number of hydrazine groups is 1. The Morgan fingerprint density at radius 2 is 1.88 bits per heavy atom. The predicted molar refractivity (Wildman–Crippen MR) is 87.1 cm³/mol. The number of nitrogens with one attached hydrogen (secondary N) is 2. The van der Waals surface area contributed by atoms with Crippen LogP contribution >= 0.6 is 0 Å². The number of carbonyl (C=O) groups is 1. The van der Waals surface area contributed by atoms with Crippen molar-refractivity contribution in [1.82, 2.24) is 15.2 Å². The predicted octanol–water partition coefficient (Wildman–Crippen LogP) is 2.15. The second kappa shape index (κ2) is 6.74. The first kappa shape index (κ1) is 16.7. The zero-order valence-electron chi connectivity index (χ0n) is 13.3. The van der Waals surface area contributed by atoms with Gasteiger partial charge in [0.2, 0.25) is 10.9 Å². The van der Waals surface area contributed by atoms with Crippen molar-refractivity contribution >= 4 is 15.9 Å². The molecule has 1 aromatic carbocycles. The van der Waals surface area contributed by atoms with Crippen molar-refractivity contribution in [3.05, 3.63) is 36.2 Å². The molecular weight excluding hydrogens is 330 g/mol. The summed E-state index contributed by atoms with van der Waals surface area (Å²) >= 11 is 0. The van der Waals surface area contributed by atoms with Gasteiger partial charge in [-0.3, -0.25) is 10.2 Å². The van der Waals surface area contributed by atoms with Crippen LogP contribution in [-0.4, -0.2) is 19.3 Å². The van der Waals surface area contributed by atoms with Gasteiger partial charge >= 0.3 is 0 Å². The Labute approximate surface area is 140 Å². The fraction of sp³-hybridized carbons (Fsp3) is 0.375. The van der Waals surface area contributed by atoms with Gasteiger partial charge < -0.3 is 4.42 Å². The Morgan fingerprint density at radius 1 is 1.21 bits per heavy atom. The van der Waals surface area contributed by atoms with Gasteiger partial charge in [-0.1, -0.05) is 43.2 Å². The summed E-state index contributed by atoms with van der Waals surface area (Å²) in [4.78, 5) is 18.1. The van der Waals surface area contributed by atoms with Crippen molar-refractivity contribution in [3.8, 4) is 11.3 Å². The Kier molecular flexibility index (Phi) is 4.68. The average molecular weight is 349 g/mol. The minimum absolute atomic E-state index is 0.139. The van der Waals surface area contributed by atoms with Crippen LogP contribution in [0.15, 0.2) is 39.8 Å². The van der Waals surface area contributed by atoms with Crippen LogP contribution in [-0.2, 0) is 14.8 Å². The number of aryl methyl sites for hydroxylation is 1. The molecular formula is C16H19N3O4S. The Hall–Kier alpha value is -2.19. The van der Waals surface area contributed by atoms with E-state index >= 15 is 0 Å². The van der Waals surface area contributed by atoms with Crippen LogP contribution in [0.5, 0.6) is 0 Å². The quantitative estimate of drug-likeness (QED) is 0.806. The van der Waals surface area contributed by atoms with Crippen LogP contribution in [0, 0.1) is 12.8 Å². The van der Waals surface area contributed by atoms with Crippen LogP contribution in [0.1, 0.15) is 31.6 Å². The van der Waals surface area contributed by atoms with E-state index in [4.69, 9.17) is 4.42 Å². The van der Waals surface area contributed by atoms with Gasteiger partial charge in [-0.2, -0.15) is 0 Å². The van der Waals surface area contributed by atoms with Gasteiger partial charge in [0.15, 0.2) is 11.7 Å². The lowest BCUT2D eigenvalue weighted by molar-refractivity contribution is -0.125. The molecule has 0 atom stereocenters. The van der Waals surface area contributed by atoms with Crippen LogP contribution in [0.3, 0.4) is 0 Å². The fourth-order valence-corrected chi connectivity index (χ4v) is 3.80. The van der Waals surface area contributed by atoms with Gasteiger partial charge in [0.25, 0.3) is 10.0 Å². The molecule has 0 unspecified atom stereocenters. The van der Waals surface area contributed by atoms with Gasteiger partial charge in [0.1, 0.15) is 0 Å². The maximum Gasteiger partial charge on any atom is 0.278 e. The number of rotatable bonds is 5. The van der Waals surface area contributed by atoms with Crippen molar-refractivity contribution in [2.75, 3.05) is 0 Å². The van der Waals surface area contributed by atoms with Gasteiger partial charge in [-0.25, -0.2) is 13.4 Å². The van der Waals surface area contributed by atoms with E-state index in [9.17, 15) is 13.2 Å². The van der Waals surface area contributed by atoms with Crippen LogP contribution in [0.4, 0.5) is 0 Å². The molecule has 0 spiro atoms. The van der Waals surface area contributed by atoms with E-state index in [0.717, 1.165) is 25.7 Å². The molecule has 1 saturated carbocycles. The highest BCUT2D eigenvalue weighted by molar-refractivity contribution is 7.89. The van der Waals surface area contributed by atoms with Gasteiger partial charge in [0, 0.05) is 18.4 Å². The third kappa shape index (κ3) is 3.49. The molecule has 0 aliphatic heterocycles. The lowest BCUT2D eigenvalue weighted by Crippen LogP contribution is -2.44. The fourth-order valence-electron chi connectivity index (χ4n) is 2.82. The molecule has 8 heteroatoms. The lowest BCUT2D eigenvalue weighted by atomic mass is 10.1. The molecule has 7 nitrogen and oxygen atoms in total. The summed E-state index contributed by atoms with van der Waals surface area (Å²) in [5, 5.41) is -0.238. The van der Waals surface area contributed by atoms with Crippen molar-refractivity contribution in [3.63, 3.8) is 0 Å². The zero-order chi connectivity index (χ0) is 17.2. The number of carbonyl (C=O) groups excluding carboxylic acids is 1. The first-order valence-corrected chi connectivity index (χ1v) is 9.30. The van der Waals surface area contributed by atoms with Crippen LogP contribution in [0.25, 0.3) is 11.3 Å². The standard InChI is InChI=1S/C16H19N3O4S/c1-11-17-16(14(23-11)12-7-3-2-4-8-12)24(21,22)19-18-15(20)13-9-5-6-10-13/h2-4,7-8,13,19H,5-6,9-10H2,1H3,(H,18,20). The third-order valence-electron chi connectivity index (χ3n) is 4.03. The monoisotopic (exact) mass is 349 g/mol. The Balaban J connectivity index is 1.81. The number of nitrogens with zero attached hydrogens (tertiary/aromatic N) is 1. The molecule has 2 aromatic rings. The van der Waals surface area contributed by atoms with Crippen molar-refractivity contribution in [1.29, 1.82) is 0 Å². The molecule has 0 radical (unpaired) electrons. The molecule has 1 heterocycles. The van der Waals surface area contributed by atoms with Crippen molar-refractivity contribution in [2.24, 2.45) is 5.92 Å². The molecule has 1 aliphatic carbocycles. The summed E-state index contributed by atoms with van der Waals surface area (Å²) < 4.78 is 30.5. The van der Waals surface area contributed by atoms with E-state index in [1.54, 1.807) is 31.2 Å². The highest BCUT2D eigenvalue weighted by Crippen LogP contribution is 2.28.